The van der Waals surface area contributed by atoms with Gasteiger partial charge in [0.25, 0.3) is 5.56 Å². The summed E-state index contributed by atoms with van der Waals surface area (Å²) in [5, 5.41) is 0. The summed E-state index contributed by atoms with van der Waals surface area (Å²) >= 11 is 5.19. The van der Waals surface area contributed by atoms with Crippen LogP contribution in [0.5, 0.6) is 0 Å². The Morgan fingerprint density at radius 2 is 1.68 bits per heavy atom. The molecule has 0 aliphatic rings. The van der Waals surface area contributed by atoms with E-state index in [-0.39, 0.29) is 10.3 Å². The summed E-state index contributed by atoms with van der Waals surface area (Å²) in [6.07, 6.45) is 3.29. The fraction of sp³-hybridized carbons (Fsp3) is 0.0526. The fourth-order valence-corrected chi connectivity index (χ4v) is 3.82. The standard InChI is InChI=1S/C19H16N2O2S2/c22-18-11-12-21(19(24)20-18)13-17(16-9-5-2-6-10-16)25(23)14-15-7-3-1-4-8-15/h1-13H,14H2,(H,20,22,24)/b17-13-/t25-/m1/s1. The smallest absolute Gasteiger partial charge is 0.251 e. The van der Waals surface area contributed by atoms with Gasteiger partial charge in [-0.25, -0.2) is 0 Å². The minimum absolute atomic E-state index is 0.262. The van der Waals surface area contributed by atoms with Gasteiger partial charge in [0, 0.05) is 18.5 Å². The van der Waals surface area contributed by atoms with E-state index < -0.39 is 10.8 Å². The third kappa shape index (κ3) is 4.49. The second kappa shape index (κ2) is 8.00. The van der Waals surface area contributed by atoms with E-state index in [0.29, 0.717) is 10.7 Å². The molecule has 25 heavy (non-hydrogen) atoms. The molecule has 0 aliphatic heterocycles. The van der Waals surface area contributed by atoms with Gasteiger partial charge in [0.2, 0.25) is 0 Å². The van der Waals surface area contributed by atoms with Crippen LogP contribution in [0.25, 0.3) is 11.1 Å². The zero-order valence-electron chi connectivity index (χ0n) is 13.3. The van der Waals surface area contributed by atoms with Gasteiger partial charge >= 0.3 is 0 Å². The number of nitrogens with zero attached hydrogens (tertiary/aromatic N) is 1. The maximum atomic E-state index is 13.0. The number of aromatic nitrogens is 2. The van der Waals surface area contributed by atoms with E-state index in [1.54, 1.807) is 17.0 Å². The van der Waals surface area contributed by atoms with Crippen molar-refractivity contribution in [3.05, 3.63) is 99.2 Å². The van der Waals surface area contributed by atoms with Crippen LogP contribution in [-0.4, -0.2) is 13.8 Å². The molecule has 4 nitrogen and oxygen atoms in total. The number of nitrogens with one attached hydrogen (secondary N) is 1. The Kier molecular flexibility index (Phi) is 5.53. The molecule has 0 saturated carbocycles. The summed E-state index contributed by atoms with van der Waals surface area (Å²) in [7, 11) is -1.27. The number of rotatable bonds is 5. The van der Waals surface area contributed by atoms with Crippen molar-refractivity contribution in [2.24, 2.45) is 0 Å². The van der Waals surface area contributed by atoms with Gasteiger partial charge in [0.15, 0.2) is 4.77 Å². The lowest BCUT2D eigenvalue weighted by atomic mass is 10.2. The predicted molar refractivity (Wildman–Crippen MR) is 105 cm³/mol. The van der Waals surface area contributed by atoms with Crippen molar-refractivity contribution in [3.63, 3.8) is 0 Å². The Morgan fingerprint density at radius 3 is 2.32 bits per heavy atom. The molecule has 0 bridgehead atoms. The largest absolute Gasteiger partial charge is 0.300 e. The third-order valence-electron chi connectivity index (χ3n) is 3.55. The molecule has 0 spiro atoms. The molecule has 6 heteroatoms. The highest BCUT2D eigenvalue weighted by molar-refractivity contribution is 7.94. The lowest BCUT2D eigenvalue weighted by molar-refractivity contribution is 0.688. The topological polar surface area (TPSA) is 54.9 Å². The Hall–Kier alpha value is -2.57. The Bertz CT molecular complexity index is 1020. The average molecular weight is 368 g/mol. The van der Waals surface area contributed by atoms with Gasteiger partial charge in [0.05, 0.1) is 21.5 Å². The predicted octanol–water partition coefficient (Wildman–Crippen LogP) is 3.81. The van der Waals surface area contributed by atoms with Crippen LogP contribution in [0.2, 0.25) is 0 Å². The summed E-state index contributed by atoms with van der Waals surface area (Å²) in [5.74, 6) is 0.401. The van der Waals surface area contributed by atoms with Gasteiger partial charge in [-0.15, -0.1) is 0 Å². The highest BCUT2D eigenvalue weighted by Crippen LogP contribution is 2.22. The third-order valence-corrected chi connectivity index (χ3v) is 5.29. The van der Waals surface area contributed by atoms with Crippen LogP contribution in [0.15, 0.2) is 77.7 Å². The number of benzene rings is 2. The zero-order chi connectivity index (χ0) is 17.6. The van der Waals surface area contributed by atoms with Crippen LogP contribution >= 0.6 is 12.2 Å². The van der Waals surface area contributed by atoms with Crippen LogP contribution in [0.4, 0.5) is 0 Å². The summed E-state index contributed by atoms with van der Waals surface area (Å²) in [4.78, 5) is 14.6. The van der Waals surface area contributed by atoms with Crippen LogP contribution in [0.1, 0.15) is 11.1 Å². The van der Waals surface area contributed by atoms with Crippen molar-refractivity contribution in [2.75, 3.05) is 0 Å². The van der Waals surface area contributed by atoms with E-state index in [1.165, 1.54) is 6.07 Å². The molecule has 0 aliphatic carbocycles. The van der Waals surface area contributed by atoms with Gasteiger partial charge in [-0.2, -0.15) is 0 Å². The van der Waals surface area contributed by atoms with Crippen molar-refractivity contribution in [3.8, 4) is 0 Å². The van der Waals surface area contributed by atoms with Crippen molar-refractivity contribution >= 4 is 34.1 Å². The molecule has 126 valence electrons. The van der Waals surface area contributed by atoms with E-state index in [2.05, 4.69) is 4.98 Å². The monoisotopic (exact) mass is 368 g/mol. The number of hydrogen-bond donors (Lipinski definition) is 1. The highest BCUT2D eigenvalue weighted by atomic mass is 32.2. The minimum Gasteiger partial charge on any atom is -0.300 e. The molecule has 1 heterocycles. The SMILES string of the molecule is O=c1ccn(/C=C(/c2ccccc2)[S@](=O)Cc2ccccc2)c(=S)[nH]1. The quantitative estimate of drug-likeness (QED) is 0.697. The molecule has 1 atom stereocenters. The average Bonchev–Trinajstić information content (AvgIpc) is 2.62. The van der Waals surface area contributed by atoms with E-state index in [9.17, 15) is 9.00 Å². The molecule has 0 unspecified atom stereocenters. The van der Waals surface area contributed by atoms with Gasteiger partial charge in [-0.3, -0.25) is 18.6 Å². The Labute approximate surface area is 152 Å². The van der Waals surface area contributed by atoms with Gasteiger partial charge in [-0.1, -0.05) is 60.7 Å². The van der Waals surface area contributed by atoms with E-state index in [0.717, 1.165) is 11.1 Å². The lowest BCUT2D eigenvalue weighted by Gasteiger charge is -2.10. The van der Waals surface area contributed by atoms with Crippen LogP contribution in [0.3, 0.4) is 0 Å². The first-order chi connectivity index (χ1) is 12.1. The molecule has 0 fully saturated rings. The molecule has 2 aromatic carbocycles. The molecule has 3 aromatic rings. The Morgan fingerprint density at radius 1 is 1.04 bits per heavy atom. The normalized spacial score (nSPS) is 12.7. The molecular formula is C19H16N2O2S2. The van der Waals surface area contributed by atoms with Gasteiger partial charge in [0.1, 0.15) is 0 Å². The first kappa shape index (κ1) is 17.3. The van der Waals surface area contributed by atoms with Crippen molar-refractivity contribution < 1.29 is 4.21 Å². The second-order valence-corrected chi connectivity index (χ2v) is 7.16. The maximum absolute atomic E-state index is 13.0. The molecule has 0 saturated heterocycles. The molecule has 3 rings (SSSR count). The van der Waals surface area contributed by atoms with E-state index >= 15 is 0 Å². The molecule has 0 radical (unpaired) electrons. The molecule has 0 amide bonds. The summed E-state index contributed by atoms with van der Waals surface area (Å²) in [6, 6.07) is 20.6. The Balaban J connectivity index is 2.04. The van der Waals surface area contributed by atoms with Crippen LogP contribution in [0, 0.1) is 4.77 Å². The number of hydrogen-bond acceptors (Lipinski definition) is 3. The highest BCUT2D eigenvalue weighted by Gasteiger charge is 2.11. The molecule has 1 N–H and O–H groups in total. The first-order valence-electron chi connectivity index (χ1n) is 7.64. The van der Waals surface area contributed by atoms with Crippen LogP contribution in [-0.2, 0) is 16.6 Å². The zero-order valence-corrected chi connectivity index (χ0v) is 14.9. The summed E-state index contributed by atoms with van der Waals surface area (Å²) in [6.45, 7) is 0. The number of H-pyrrole nitrogens is 1. The van der Waals surface area contributed by atoms with Crippen LogP contribution < -0.4 is 5.56 Å². The molecular weight excluding hydrogens is 352 g/mol. The van der Waals surface area contributed by atoms with Crippen molar-refractivity contribution in [2.45, 2.75) is 5.75 Å². The molecule has 1 aromatic heterocycles. The van der Waals surface area contributed by atoms with Crippen molar-refractivity contribution in [1.29, 1.82) is 0 Å². The summed E-state index contributed by atoms with van der Waals surface area (Å²) < 4.78 is 14.9. The lowest BCUT2D eigenvalue weighted by Crippen LogP contribution is -2.09. The fourth-order valence-electron chi connectivity index (χ4n) is 2.33. The van der Waals surface area contributed by atoms with Gasteiger partial charge < -0.3 is 0 Å². The maximum Gasteiger partial charge on any atom is 0.251 e. The van der Waals surface area contributed by atoms with Gasteiger partial charge in [-0.05, 0) is 23.3 Å². The first-order valence-corrected chi connectivity index (χ1v) is 9.37. The van der Waals surface area contributed by atoms with E-state index in [1.807, 2.05) is 60.7 Å². The van der Waals surface area contributed by atoms with Crippen molar-refractivity contribution in [1.82, 2.24) is 9.55 Å². The van der Waals surface area contributed by atoms with E-state index in [4.69, 9.17) is 12.2 Å². The second-order valence-electron chi connectivity index (χ2n) is 5.35. The minimum atomic E-state index is -1.27. The number of aromatic amines is 1. The summed E-state index contributed by atoms with van der Waals surface area (Å²) in [5.41, 5.74) is 1.58.